The van der Waals surface area contributed by atoms with Crippen LogP contribution in [0.2, 0.25) is 0 Å². The van der Waals surface area contributed by atoms with Crippen LogP contribution < -0.4 is 0 Å². The Morgan fingerprint density at radius 3 is 2.93 bits per heavy atom. The molecular weight excluding hydrogens is 176 g/mol. The molecule has 0 N–H and O–H groups in total. The number of carbonyl (C=O) groups excluding carboxylic acids is 1. The van der Waals surface area contributed by atoms with Gasteiger partial charge in [0.25, 0.3) is 0 Å². The van der Waals surface area contributed by atoms with Crippen molar-refractivity contribution in [3.05, 3.63) is 41.0 Å². The summed E-state index contributed by atoms with van der Waals surface area (Å²) in [5.41, 5.74) is 3.73. The van der Waals surface area contributed by atoms with E-state index in [1.54, 1.807) is 0 Å². The van der Waals surface area contributed by atoms with Gasteiger partial charge in [-0.3, -0.25) is 4.79 Å². The fourth-order valence-electron chi connectivity index (χ4n) is 1.64. The number of esters is 1. The van der Waals surface area contributed by atoms with Gasteiger partial charge in [0.1, 0.15) is 6.61 Å². The average Bonchev–Trinajstić information content (AvgIpc) is 2.57. The second-order valence-electron chi connectivity index (χ2n) is 3.46. The Morgan fingerprint density at radius 1 is 1.43 bits per heavy atom. The standard InChI is InChI=1S/C12H12O2/c1-9(13)14-8-10-6-11-4-2-3-5-12(11)7-10/h2-6H,7-8H2,1H3. The van der Waals surface area contributed by atoms with Gasteiger partial charge in [0.05, 0.1) is 0 Å². The predicted molar refractivity (Wildman–Crippen MR) is 54.8 cm³/mol. The molecule has 2 nitrogen and oxygen atoms in total. The van der Waals surface area contributed by atoms with E-state index in [9.17, 15) is 4.79 Å². The zero-order valence-electron chi connectivity index (χ0n) is 8.12. The molecule has 2 rings (SSSR count). The van der Waals surface area contributed by atoms with Crippen molar-refractivity contribution in [1.82, 2.24) is 0 Å². The minimum atomic E-state index is -0.221. The van der Waals surface area contributed by atoms with E-state index in [0.29, 0.717) is 6.61 Å². The van der Waals surface area contributed by atoms with Gasteiger partial charge >= 0.3 is 5.97 Å². The molecule has 0 heterocycles. The quantitative estimate of drug-likeness (QED) is 0.665. The minimum Gasteiger partial charge on any atom is -0.461 e. The number of benzene rings is 1. The van der Waals surface area contributed by atoms with Crippen LogP contribution in [0.25, 0.3) is 6.08 Å². The van der Waals surface area contributed by atoms with E-state index in [1.807, 2.05) is 12.1 Å². The highest BCUT2D eigenvalue weighted by Gasteiger charge is 2.12. The van der Waals surface area contributed by atoms with Crippen molar-refractivity contribution in [2.75, 3.05) is 6.61 Å². The van der Waals surface area contributed by atoms with Crippen LogP contribution in [0.5, 0.6) is 0 Å². The molecule has 1 aliphatic carbocycles. The summed E-state index contributed by atoms with van der Waals surface area (Å²) >= 11 is 0. The Balaban J connectivity index is 2.05. The first-order chi connectivity index (χ1) is 6.75. The van der Waals surface area contributed by atoms with Crippen LogP contribution >= 0.6 is 0 Å². The van der Waals surface area contributed by atoms with E-state index in [-0.39, 0.29) is 5.97 Å². The third-order valence-corrected chi connectivity index (χ3v) is 2.29. The third kappa shape index (κ3) is 1.84. The van der Waals surface area contributed by atoms with Crippen LogP contribution in [0.3, 0.4) is 0 Å². The highest BCUT2D eigenvalue weighted by Crippen LogP contribution is 2.24. The SMILES string of the molecule is CC(=O)OCC1=Cc2ccccc2C1. The number of rotatable bonds is 2. The molecule has 0 spiro atoms. The summed E-state index contributed by atoms with van der Waals surface area (Å²) < 4.78 is 4.95. The zero-order chi connectivity index (χ0) is 9.97. The Bertz CT molecular complexity index is 391. The summed E-state index contributed by atoms with van der Waals surface area (Å²) in [7, 11) is 0. The summed E-state index contributed by atoms with van der Waals surface area (Å²) in [6.07, 6.45) is 3.00. The van der Waals surface area contributed by atoms with Crippen molar-refractivity contribution in [2.45, 2.75) is 13.3 Å². The number of ether oxygens (including phenoxy) is 1. The first-order valence-electron chi connectivity index (χ1n) is 4.66. The maximum atomic E-state index is 10.6. The van der Waals surface area contributed by atoms with Crippen molar-refractivity contribution in [2.24, 2.45) is 0 Å². The lowest BCUT2D eigenvalue weighted by atomic mass is 10.1. The molecule has 72 valence electrons. The second kappa shape index (κ2) is 3.66. The van der Waals surface area contributed by atoms with Gasteiger partial charge in [-0.25, -0.2) is 0 Å². The van der Waals surface area contributed by atoms with Gasteiger partial charge in [0, 0.05) is 6.92 Å². The Labute approximate surface area is 83.2 Å². The molecule has 0 bridgehead atoms. The lowest BCUT2D eigenvalue weighted by Gasteiger charge is -2.01. The number of hydrogen-bond donors (Lipinski definition) is 0. The molecule has 0 radical (unpaired) electrons. The number of fused-ring (bicyclic) bond motifs is 1. The molecule has 0 saturated carbocycles. The molecular formula is C12H12O2. The largest absolute Gasteiger partial charge is 0.461 e. The van der Waals surface area contributed by atoms with Crippen molar-refractivity contribution >= 4 is 12.0 Å². The maximum Gasteiger partial charge on any atom is 0.302 e. The zero-order valence-corrected chi connectivity index (χ0v) is 8.12. The first-order valence-corrected chi connectivity index (χ1v) is 4.66. The Hall–Kier alpha value is -1.57. The van der Waals surface area contributed by atoms with E-state index < -0.39 is 0 Å². The van der Waals surface area contributed by atoms with Crippen LogP contribution in [0.4, 0.5) is 0 Å². The molecule has 1 aromatic rings. The van der Waals surface area contributed by atoms with Crippen molar-refractivity contribution < 1.29 is 9.53 Å². The summed E-state index contributed by atoms with van der Waals surface area (Å²) in [6, 6.07) is 8.23. The summed E-state index contributed by atoms with van der Waals surface area (Å²) in [4.78, 5) is 10.6. The Morgan fingerprint density at radius 2 is 2.21 bits per heavy atom. The monoisotopic (exact) mass is 188 g/mol. The average molecular weight is 188 g/mol. The van der Waals surface area contributed by atoms with E-state index in [2.05, 4.69) is 18.2 Å². The van der Waals surface area contributed by atoms with Crippen LogP contribution in [0.15, 0.2) is 29.8 Å². The lowest BCUT2D eigenvalue weighted by molar-refractivity contribution is -0.139. The third-order valence-electron chi connectivity index (χ3n) is 2.29. The van der Waals surface area contributed by atoms with Crippen LogP contribution in [-0.2, 0) is 16.0 Å². The molecule has 14 heavy (non-hydrogen) atoms. The van der Waals surface area contributed by atoms with Gasteiger partial charge in [0.2, 0.25) is 0 Å². The Kier molecular flexibility index (Phi) is 2.35. The molecule has 0 unspecified atom stereocenters. The molecule has 0 saturated heterocycles. The fourth-order valence-corrected chi connectivity index (χ4v) is 1.64. The van der Waals surface area contributed by atoms with Crippen LogP contribution in [0.1, 0.15) is 18.1 Å². The molecule has 1 aromatic carbocycles. The summed E-state index contributed by atoms with van der Waals surface area (Å²) in [6.45, 7) is 1.85. The maximum absolute atomic E-state index is 10.6. The first kappa shape index (κ1) is 9.00. The van der Waals surface area contributed by atoms with Gasteiger partial charge in [-0.05, 0) is 23.1 Å². The molecule has 1 aliphatic rings. The smallest absolute Gasteiger partial charge is 0.302 e. The molecule has 0 fully saturated rings. The van der Waals surface area contributed by atoms with Crippen molar-refractivity contribution in [1.29, 1.82) is 0 Å². The lowest BCUT2D eigenvalue weighted by Crippen LogP contribution is -2.02. The fraction of sp³-hybridized carbons (Fsp3) is 0.250. The summed E-state index contributed by atoms with van der Waals surface area (Å²) in [5, 5.41) is 0. The minimum absolute atomic E-state index is 0.221. The van der Waals surface area contributed by atoms with E-state index >= 15 is 0 Å². The van der Waals surface area contributed by atoms with Crippen LogP contribution in [0, 0.1) is 0 Å². The predicted octanol–water partition coefficient (Wildman–Crippen LogP) is 2.19. The summed E-state index contributed by atoms with van der Waals surface area (Å²) in [5.74, 6) is -0.221. The van der Waals surface area contributed by atoms with Gasteiger partial charge in [-0.1, -0.05) is 30.3 Å². The molecule has 2 heteroatoms. The number of hydrogen-bond acceptors (Lipinski definition) is 2. The van der Waals surface area contributed by atoms with Crippen molar-refractivity contribution in [3.63, 3.8) is 0 Å². The second-order valence-corrected chi connectivity index (χ2v) is 3.46. The van der Waals surface area contributed by atoms with E-state index in [1.165, 1.54) is 23.6 Å². The highest BCUT2D eigenvalue weighted by atomic mass is 16.5. The normalized spacial score (nSPS) is 13.4. The van der Waals surface area contributed by atoms with E-state index in [0.717, 1.165) is 6.42 Å². The van der Waals surface area contributed by atoms with Gasteiger partial charge < -0.3 is 4.74 Å². The van der Waals surface area contributed by atoms with Gasteiger partial charge in [-0.15, -0.1) is 0 Å². The topological polar surface area (TPSA) is 26.3 Å². The molecule has 0 aliphatic heterocycles. The molecule has 0 atom stereocenters. The molecule has 0 aromatic heterocycles. The highest BCUT2D eigenvalue weighted by molar-refractivity contribution is 5.68. The van der Waals surface area contributed by atoms with E-state index in [4.69, 9.17) is 4.74 Å². The van der Waals surface area contributed by atoms with Gasteiger partial charge in [0.15, 0.2) is 0 Å². The number of carbonyl (C=O) groups is 1. The van der Waals surface area contributed by atoms with Crippen molar-refractivity contribution in [3.8, 4) is 0 Å². The van der Waals surface area contributed by atoms with Crippen LogP contribution in [-0.4, -0.2) is 12.6 Å². The van der Waals surface area contributed by atoms with Gasteiger partial charge in [-0.2, -0.15) is 0 Å². The molecule has 0 amide bonds.